The van der Waals surface area contributed by atoms with Gasteiger partial charge in [0.1, 0.15) is 5.04 Å². The third-order valence-corrected chi connectivity index (χ3v) is 5.99. The van der Waals surface area contributed by atoms with Crippen molar-refractivity contribution >= 4 is 39.8 Å². The van der Waals surface area contributed by atoms with Gasteiger partial charge in [-0.3, -0.25) is 10.2 Å². The average Bonchev–Trinajstić information content (AvgIpc) is 3.18. The summed E-state index contributed by atoms with van der Waals surface area (Å²) in [5.74, 6) is 0.867. The molecular formula is C22H28N4O4S. The van der Waals surface area contributed by atoms with Crippen molar-refractivity contribution in [2.24, 2.45) is 10.1 Å². The zero-order valence-electron chi connectivity index (χ0n) is 18.4. The van der Waals surface area contributed by atoms with E-state index in [0.29, 0.717) is 28.0 Å². The van der Waals surface area contributed by atoms with E-state index in [4.69, 9.17) is 19.6 Å². The maximum Gasteiger partial charge on any atom is 0.283 e. The minimum Gasteiger partial charge on any atom is -0.493 e. The Morgan fingerprint density at radius 3 is 2.48 bits per heavy atom. The first-order valence-corrected chi connectivity index (χ1v) is 11.1. The standard InChI is InChI=1S/C22H28N4O4S/c1-5-6-7-8-9-10-17-25-26-20(23)15(21(27)24-22(26)31-17)13-14-11-12-16(28-2)19(30-4)18(14)29-3/h11-13,23H,5-10H2,1-4H3/b15-13-,23-20?. The Morgan fingerprint density at radius 1 is 1.06 bits per heavy atom. The Balaban J connectivity index is 1.83. The third kappa shape index (κ3) is 4.92. The highest BCUT2D eigenvalue weighted by Gasteiger charge is 2.35. The smallest absolute Gasteiger partial charge is 0.283 e. The van der Waals surface area contributed by atoms with Crippen LogP contribution in [0.5, 0.6) is 17.2 Å². The van der Waals surface area contributed by atoms with E-state index < -0.39 is 5.91 Å². The van der Waals surface area contributed by atoms with Crippen LogP contribution in [0.4, 0.5) is 0 Å². The second-order valence-electron chi connectivity index (χ2n) is 7.10. The van der Waals surface area contributed by atoms with Crippen LogP contribution in [0.15, 0.2) is 27.8 Å². The molecule has 2 aliphatic rings. The van der Waals surface area contributed by atoms with Crippen molar-refractivity contribution in [2.45, 2.75) is 45.4 Å². The van der Waals surface area contributed by atoms with E-state index in [-0.39, 0.29) is 11.4 Å². The highest BCUT2D eigenvalue weighted by atomic mass is 32.2. The molecule has 9 heteroatoms. The van der Waals surface area contributed by atoms with E-state index in [0.717, 1.165) is 24.3 Å². The molecule has 0 aromatic heterocycles. The van der Waals surface area contributed by atoms with Crippen LogP contribution in [-0.4, -0.2) is 48.3 Å². The average molecular weight is 445 g/mol. The topological polar surface area (TPSA) is 96.6 Å². The second kappa shape index (κ2) is 10.5. The predicted molar refractivity (Wildman–Crippen MR) is 124 cm³/mol. The SMILES string of the molecule is CCCCCCCC1=NN2C(=N)/C(=C/c3ccc(OC)c(OC)c3OC)C(=O)N=C2S1. The van der Waals surface area contributed by atoms with E-state index in [2.05, 4.69) is 17.0 Å². The molecule has 3 rings (SSSR count). The number of ether oxygens (including phenoxy) is 3. The molecule has 0 unspecified atom stereocenters. The number of benzene rings is 1. The zero-order chi connectivity index (χ0) is 22.4. The Labute approximate surface area is 186 Å². The predicted octanol–water partition coefficient (Wildman–Crippen LogP) is 4.69. The monoisotopic (exact) mass is 444 g/mol. The minimum atomic E-state index is -0.472. The summed E-state index contributed by atoms with van der Waals surface area (Å²) in [6, 6.07) is 3.47. The number of rotatable bonds is 10. The summed E-state index contributed by atoms with van der Waals surface area (Å²) in [5.41, 5.74) is 0.724. The lowest BCUT2D eigenvalue weighted by molar-refractivity contribution is -0.114. The molecule has 1 N–H and O–H groups in total. The molecule has 1 aromatic rings. The molecule has 1 aromatic carbocycles. The van der Waals surface area contributed by atoms with Gasteiger partial charge in [0.25, 0.3) is 5.91 Å². The van der Waals surface area contributed by atoms with Crippen LogP contribution >= 0.6 is 11.8 Å². The van der Waals surface area contributed by atoms with Crippen molar-refractivity contribution < 1.29 is 19.0 Å². The van der Waals surface area contributed by atoms with Gasteiger partial charge in [-0.15, -0.1) is 0 Å². The third-order valence-electron chi connectivity index (χ3n) is 5.03. The summed E-state index contributed by atoms with van der Waals surface area (Å²) >= 11 is 1.37. The number of hydrazone groups is 1. The van der Waals surface area contributed by atoms with Crippen molar-refractivity contribution in [3.05, 3.63) is 23.3 Å². The Bertz CT molecular complexity index is 955. The fourth-order valence-electron chi connectivity index (χ4n) is 3.41. The molecule has 2 aliphatic heterocycles. The fourth-order valence-corrected chi connectivity index (χ4v) is 4.33. The number of amides is 1. The number of aliphatic imine (C=N–C) groups is 1. The van der Waals surface area contributed by atoms with E-state index >= 15 is 0 Å². The van der Waals surface area contributed by atoms with Gasteiger partial charge in [-0.1, -0.05) is 32.6 Å². The van der Waals surface area contributed by atoms with Crippen LogP contribution in [0, 0.1) is 5.41 Å². The number of thioether (sulfide) groups is 1. The van der Waals surface area contributed by atoms with Crippen LogP contribution in [0.25, 0.3) is 6.08 Å². The molecule has 0 saturated carbocycles. The first-order valence-electron chi connectivity index (χ1n) is 10.3. The molecule has 0 saturated heterocycles. The Kier molecular flexibility index (Phi) is 7.73. The van der Waals surface area contributed by atoms with Gasteiger partial charge < -0.3 is 14.2 Å². The van der Waals surface area contributed by atoms with Crippen LogP contribution in [0.1, 0.15) is 51.0 Å². The summed E-state index contributed by atoms with van der Waals surface area (Å²) in [6.07, 6.45) is 8.27. The molecule has 166 valence electrons. The van der Waals surface area contributed by atoms with Crippen LogP contribution in [-0.2, 0) is 4.79 Å². The number of carbonyl (C=O) groups excluding carboxylic acids is 1. The lowest BCUT2D eigenvalue weighted by atomic mass is 10.1. The first-order chi connectivity index (χ1) is 15.0. The van der Waals surface area contributed by atoms with Crippen molar-refractivity contribution in [1.82, 2.24) is 5.01 Å². The van der Waals surface area contributed by atoms with E-state index in [9.17, 15) is 4.79 Å². The molecular weight excluding hydrogens is 416 g/mol. The molecule has 1 amide bonds. The van der Waals surface area contributed by atoms with Gasteiger partial charge in [0.05, 0.1) is 26.9 Å². The molecule has 8 nitrogen and oxygen atoms in total. The number of nitrogens with zero attached hydrogens (tertiary/aromatic N) is 3. The summed E-state index contributed by atoms with van der Waals surface area (Å²) in [6.45, 7) is 2.19. The van der Waals surface area contributed by atoms with Gasteiger partial charge in [-0.05, 0) is 42.8 Å². The highest BCUT2D eigenvalue weighted by molar-refractivity contribution is 8.26. The van der Waals surface area contributed by atoms with Crippen LogP contribution < -0.4 is 14.2 Å². The quantitative estimate of drug-likeness (QED) is 0.415. The lowest BCUT2D eigenvalue weighted by Gasteiger charge is -2.21. The maximum atomic E-state index is 12.7. The Hall–Kier alpha value is -2.81. The number of amidine groups is 2. The van der Waals surface area contributed by atoms with Gasteiger partial charge in [-0.25, -0.2) is 0 Å². The van der Waals surface area contributed by atoms with Gasteiger partial charge in [0.2, 0.25) is 10.9 Å². The summed E-state index contributed by atoms with van der Waals surface area (Å²) < 4.78 is 16.2. The number of hydrogen-bond acceptors (Lipinski definition) is 7. The number of unbranched alkanes of at least 4 members (excludes halogenated alkanes) is 4. The van der Waals surface area contributed by atoms with Gasteiger partial charge in [0.15, 0.2) is 17.3 Å². The molecule has 2 heterocycles. The number of hydrogen-bond donors (Lipinski definition) is 1. The Morgan fingerprint density at radius 2 is 1.81 bits per heavy atom. The zero-order valence-corrected chi connectivity index (χ0v) is 19.2. The lowest BCUT2D eigenvalue weighted by Crippen LogP contribution is -2.35. The molecule has 0 fully saturated rings. The number of carbonyl (C=O) groups is 1. The van der Waals surface area contributed by atoms with E-state index in [1.807, 2.05) is 0 Å². The van der Waals surface area contributed by atoms with Crippen molar-refractivity contribution in [3.8, 4) is 17.2 Å². The molecule has 0 atom stereocenters. The number of nitrogens with one attached hydrogen (secondary N) is 1. The molecule has 0 radical (unpaired) electrons. The van der Waals surface area contributed by atoms with Crippen LogP contribution in [0.3, 0.4) is 0 Å². The number of fused-ring (bicyclic) bond motifs is 1. The van der Waals surface area contributed by atoms with Crippen molar-refractivity contribution in [2.75, 3.05) is 21.3 Å². The first kappa shape index (κ1) is 22.9. The molecule has 0 bridgehead atoms. The number of methoxy groups -OCH3 is 3. The molecule has 0 spiro atoms. The second-order valence-corrected chi connectivity index (χ2v) is 8.14. The van der Waals surface area contributed by atoms with Gasteiger partial charge in [-0.2, -0.15) is 15.1 Å². The fraction of sp³-hybridized carbons (Fsp3) is 0.455. The van der Waals surface area contributed by atoms with Crippen LogP contribution in [0.2, 0.25) is 0 Å². The maximum absolute atomic E-state index is 12.7. The summed E-state index contributed by atoms with van der Waals surface area (Å²) in [7, 11) is 4.57. The largest absolute Gasteiger partial charge is 0.493 e. The minimum absolute atomic E-state index is 0.000297. The van der Waals surface area contributed by atoms with Crippen molar-refractivity contribution in [1.29, 1.82) is 5.41 Å². The van der Waals surface area contributed by atoms with E-state index in [1.165, 1.54) is 57.4 Å². The normalized spacial score (nSPS) is 16.9. The summed E-state index contributed by atoms with van der Waals surface area (Å²) in [4.78, 5) is 16.8. The van der Waals surface area contributed by atoms with Gasteiger partial charge in [0, 0.05) is 5.56 Å². The van der Waals surface area contributed by atoms with E-state index in [1.54, 1.807) is 18.2 Å². The summed E-state index contributed by atoms with van der Waals surface area (Å²) in [5, 5.41) is 15.8. The van der Waals surface area contributed by atoms with Crippen molar-refractivity contribution in [3.63, 3.8) is 0 Å². The highest BCUT2D eigenvalue weighted by Crippen LogP contribution is 2.41. The molecule has 0 aliphatic carbocycles. The van der Waals surface area contributed by atoms with Gasteiger partial charge >= 0.3 is 0 Å². The molecule has 31 heavy (non-hydrogen) atoms.